The Labute approximate surface area is 116 Å². The summed E-state index contributed by atoms with van der Waals surface area (Å²) < 4.78 is 0. The summed E-state index contributed by atoms with van der Waals surface area (Å²) in [5.41, 5.74) is 8.64. The molecule has 0 spiro atoms. The van der Waals surface area contributed by atoms with Crippen molar-refractivity contribution in [3.8, 4) is 0 Å². The van der Waals surface area contributed by atoms with Gasteiger partial charge in [-0.15, -0.1) is 11.8 Å². The van der Waals surface area contributed by atoms with Crippen LogP contribution >= 0.6 is 11.8 Å². The van der Waals surface area contributed by atoms with Gasteiger partial charge in [-0.1, -0.05) is 0 Å². The average Bonchev–Trinajstić information content (AvgIpc) is 2.71. The standard InChI is InChI=1S/C13H17N3O2S/c1-7-9(5-8-3-4-15(2)11(8)17)6-19-13-10(14)12(18)16(7)13/h5,10,13H,3-4,6,14H2,1-2H3/b8-5+. The molecule has 0 aliphatic carbocycles. The molecule has 2 unspecified atom stereocenters. The average molecular weight is 279 g/mol. The largest absolute Gasteiger partial charge is 0.342 e. The first-order valence-corrected chi connectivity index (χ1v) is 7.41. The van der Waals surface area contributed by atoms with E-state index in [2.05, 4.69) is 0 Å². The summed E-state index contributed by atoms with van der Waals surface area (Å²) in [4.78, 5) is 27.1. The number of thioether (sulfide) groups is 1. The highest BCUT2D eigenvalue weighted by atomic mass is 32.2. The molecule has 0 bridgehead atoms. The monoisotopic (exact) mass is 279 g/mol. The number of carbonyl (C=O) groups is 2. The fourth-order valence-electron chi connectivity index (χ4n) is 2.69. The van der Waals surface area contributed by atoms with Crippen molar-refractivity contribution in [1.29, 1.82) is 0 Å². The van der Waals surface area contributed by atoms with E-state index in [0.717, 1.165) is 35.6 Å². The SMILES string of the molecule is CC1=C(/C=C2\CCN(C)C2=O)CSC2C(N)C(=O)N12. The lowest BCUT2D eigenvalue weighted by molar-refractivity contribution is -0.141. The minimum Gasteiger partial charge on any atom is -0.342 e. The second-order valence-electron chi connectivity index (χ2n) is 5.19. The van der Waals surface area contributed by atoms with Crippen LogP contribution in [0.25, 0.3) is 0 Å². The normalized spacial score (nSPS) is 33.1. The van der Waals surface area contributed by atoms with Crippen LogP contribution in [0, 0.1) is 0 Å². The lowest BCUT2D eigenvalue weighted by atomic mass is 10.0. The molecular formula is C13H17N3O2S. The molecule has 3 aliphatic heterocycles. The number of amides is 2. The van der Waals surface area contributed by atoms with Crippen molar-refractivity contribution >= 4 is 23.6 Å². The molecule has 2 fully saturated rings. The molecule has 5 nitrogen and oxygen atoms in total. The van der Waals surface area contributed by atoms with Crippen molar-refractivity contribution in [3.05, 3.63) is 22.9 Å². The van der Waals surface area contributed by atoms with Crippen molar-refractivity contribution in [3.63, 3.8) is 0 Å². The van der Waals surface area contributed by atoms with E-state index in [1.807, 2.05) is 20.0 Å². The van der Waals surface area contributed by atoms with Crippen molar-refractivity contribution in [2.75, 3.05) is 19.3 Å². The Morgan fingerprint density at radius 2 is 2.16 bits per heavy atom. The van der Waals surface area contributed by atoms with E-state index in [1.165, 1.54) is 0 Å². The van der Waals surface area contributed by atoms with Gasteiger partial charge in [-0.05, 0) is 25.0 Å². The number of likely N-dealkylation sites (N-methyl/N-ethyl adjacent to an activating group) is 1. The molecule has 3 heterocycles. The smallest absolute Gasteiger partial charge is 0.249 e. The summed E-state index contributed by atoms with van der Waals surface area (Å²) in [5.74, 6) is 0.897. The van der Waals surface area contributed by atoms with Crippen LogP contribution in [-0.2, 0) is 9.59 Å². The molecule has 3 aliphatic rings. The summed E-state index contributed by atoms with van der Waals surface area (Å²) in [6.07, 6.45) is 2.75. The number of hydrogen-bond donors (Lipinski definition) is 1. The molecule has 0 aromatic heterocycles. The van der Waals surface area contributed by atoms with E-state index in [0.29, 0.717) is 0 Å². The summed E-state index contributed by atoms with van der Waals surface area (Å²) in [6, 6.07) is -0.367. The molecule has 102 valence electrons. The summed E-state index contributed by atoms with van der Waals surface area (Å²) in [5, 5.41) is 0.0802. The summed E-state index contributed by atoms with van der Waals surface area (Å²) in [7, 11) is 1.81. The van der Waals surface area contributed by atoms with Gasteiger partial charge in [-0.25, -0.2) is 0 Å². The van der Waals surface area contributed by atoms with E-state index in [1.54, 1.807) is 21.6 Å². The number of nitrogens with two attached hydrogens (primary N) is 1. The molecular weight excluding hydrogens is 262 g/mol. The zero-order valence-electron chi connectivity index (χ0n) is 11.0. The van der Waals surface area contributed by atoms with Crippen LogP contribution in [-0.4, -0.2) is 52.4 Å². The fraction of sp³-hybridized carbons (Fsp3) is 0.538. The van der Waals surface area contributed by atoms with Gasteiger partial charge < -0.3 is 15.5 Å². The first-order chi connectivity index (χ1) is 9.00. The fourth-order valence-corrected chi connectivity index (χ4v) is 4.06. The molecule has 2 amide bonds. The van der Waals surface area contributed by atoms with Crippen LogP contribution in [0.1, 0.15) is 13.3 Å². The summed E-state index contributed by atoms with van der Waals surface area (Å²) in [6.45, 7) is 2.71. The predicted molar refractivity (Wildman–Crippen MR) is 74.1 cm³/mol. The maximum Gasteiger partial charge on any atom is 0.249 e. The third-order valence-electron chi connectivity index (χ3n) is 4.01. The van der Waals surface area contributed by atoms with Crippen LogP contribution in [0.5, 0.6) is 0 Å². The lowest BCUT2D eigenvalue weighted by Crippen LogP contribution is -2.67. The third kappa shape index (κ3) is 1.81. The Balaban J connectivity index is 1.88. The second-order valence-corrected chi connectivity index (χ2v) is 6.30. The van der Waals surface area contributed by atoms with Gasteiger partial charge in [0.15, 0.2) is 0 Å². The van der Waals surface area contributed by atoms with Crippen molar-refractivity contribution in [1.82, 2.24) is 9.80 Å². The predicted octanol–water partition coefficient (Wildman–Crippen LogP) is 0.291. The number of nitrogens with zero attached hydrogens (tertiary/aromatic N) is 2. The minimum atomic E-state index is -0.367. The van der Waals surface area contributed by atoms with Crippen molar-refractivity contribution in [2.24, 2.45) is 5.73 Å². The van der Waals surface area contributed by atoms with Crippen molar-refractivity contribution in [2.45, 2.75) is 24.8 Å². The molecule has 6 heteroatoms. The van der Waals surface area contributed by atoms with Crippen LogP contribution < -0.4 is 5.73 Å². The topological polar surface area (TPSA) is 66.6 Å². The third-order valence-corrected chi connectivity index (χ3v) is 5.33. The number of fused-ring (bicyclic) bond motifs is 1. The Kier molecular flexibility index (Phi) is 2.94. The van der Waals surface area contributed by atoms with Gasteiger partial charge in [0.1, 0.15) is 11.4 Å². The Bertz CT molecular complexity index is 526. The van der Waals surface area contributed by atoms with Gasteiger partial charge in [0, 0.05) is 30.6 Å². The number of likely N-dealkylation sites (tertiary alicyclic amines) is 1. The van der Waals surface area contributed by atoms with Gasteiger partial charge >= 0.3 is 0 Å². The van der Waals surface area contributed by atoms with E-state index < -0.39 is 0 Å². The number of hydrogen-bond acceptors (Lipinski definition) is 4. The maximum atomic E-state index is 11.9. The van der Waals surface area contributed by atoms with Gasteiger partial charge in [0.05, 0.1) is 0 Å². The minimum absolute atomic E-state index is 0.0135. The molecule has 2 N–H and O–H groups in total. The number of allylic oxidation sites excluding steroid dienone is 2. The first-order valence-electron chi connectivity index (χ1n) is 6.36. The van der Waals surface area contributed by atoms with Gasteiger partial charge in [-0.2, -0.15) is 0 Å². The molecule has 3 rings (SSSR count). The number of carbonyl (C=O) groups excluding carboxylic acids is 2. The maximum absolute atomic E-state index is 11.9. The number of rotatable bonds is 1. The molecule has 0 saturated carbocycles. The lowest BCUT2D eigenvalue weighted by Gasteiger charge is -2.48. The molecule has 19 heavy (non-hydrogen) atoms. The van der Waals surface area contributed by atoms with Crippen LogP contribution in [0.2, 0.25) is 0 Å². The Hall–Kier alpha value is -1.27. The van der Waals surface area contributed by atoms with Gasteiger partial charge in [-0.3, -0.25) is 9.59 Å². The highest BCUT2D eigenvalue weighted by Crippen LogP contribution is 2.39. The molecule has 0 aromatic carbocycles. The zero-order valence-corrected chi connectivity index (χ0v) is 11.9. The Morgan fingerprint density at radius 1 is 1.42 bits per heavy atom. The van der Waals surface area contributed by atoms with Crippen LogP contribution in [0.15, 0.2) is 22.9 Å². The summed E-state index contributed by atoms with van der Waals surface area (Å²) >= 11 is 1.67. The van der Waals surface area contributed by atoms with E-state index in [-0.39, 0.29) is 23.2 Å². The van der Waals surface area contributed by atoms with Crippen molar-refractivity contribution < 1.29 is 9.59 Å². The highest BCUT2D eigenvalue weighted by Gasteiger charge is 2.48. The van der Waals surface area contributed by atoms with Gasteiger partial charge in [0.25, 0.3) is 0 Å². The second kappa shape index (κ2) is 4.38. The molecule has 2 saturated heterocycles. The molecule has 0 radical (unpaired) electrons. The zero-order chi connectivity index (χ0) is 13.7. The molecule has 0 aromatic rings. The highest BCUT2D eigenvalue weighted by molar-refractivity contribution is 8.00. The number of β-lactam (4-membered cyclic amide) rings is 1. The van der Waals surface area contributed by atoms with E-state index in [9.17, 15) is 9.59 Å². The van der Waals surface area contributed by atoms with Crippen LogP contribution in [0.3, 0.4) is 0 Å². The van der Waals surface area contributed by atoms with E-state index >= 15 is 0 Å². The van der Waals surface area contributed by atoms with Gasteiger partial charge in [0.2, 0.25) is 11.8 Å². The quantitative estimate of drug-likeness (QED) is 0.553. The molecule has 2 atom stereocenters. The first kappa shape index (κ1) is 12.7. The Morgan fingerprint density at radius 3 is 2.79 bits per heavy atom. The van der Waals surface area contributed by atoms with E-state index in [4.69, 9.17) is 5.73 Å². The van der Waals surface area contributed by atoms with Crippen LogP contribution in [0.4, 0.5) is 0 Å².